The predicted molar refractivity (Wildman–Crippen MR) is 83.9 cm³/mol. The minimum absolute atomic E-state index is 0.0448. The van der Waals surface area contributed by atoms with Crippen LogP contribution in [0, 0.1) is 17.4 Å². The number of fused-ring (bicyclic) bond motifs is 2. The van der Waals surface area contributed by atoms with Gasteiger partial charge in [-0.1, -0.05) is 11.6 Å². The van der Waals surface area contributed by atoms with Crippen molar-refractivity contribution in [2.75, 3.05) is 6.61 Å². The van der Waals surface area contributed by atoms with E-state index in [0.29, 0.717) is 0 Å². The van der Waals surface area contributed by atoms with Crippen LogP contribution in [0.1, 0.15) is 31.2 Å². The first kappa shape index (κ1) is 17.9. The standard InChI is InChI=1S/C17H16ClF3N2O2/c18-15-3-2-13(7-14(15)17(19,20)21)25-8-12(24)6-10-5-11-1-4-16(10)23(11)9-22/h2-3,7,10-11,16H,1,4-6,8H2/t10-,11-,16+/m1/s1. The molecule has 0 radical (unpaired) electrons. The molecule has 4 nitrogen and oxygen atoms in total. The number of ether oxygens (including phenoxy) is 1. The van der Waals surface area contributed by atoms with Crippen molar-refractivity contribution in [3.63, 3.8) is 0 Å². The zero-order valence-corrected chi connectivity index (χ0v) is 14.0. The molecule has 0 spiro atoms. The van der Waals surface area contributed by atoms with Gasteiger partial charge in [-0.25, -0.2) is 0 Å². The van der Waals surface area contributed by atoms with Gasteiger partial charge in [0.2, 0.25) is 0 Å². The van der Waals surface area contributed by atoms with Gasteiger partial charge >= 0.3 is 6.18 Å². The SMILES string of the molecule is N#CN1[C@@H]2CC[C@H]1[C@@H](CC(=O)COc1ccc(Cl)c(C(F)(F)F)c1)C2. The lowest BCUT2D eigenvalue weighted by Crippen LogP contribution is -2.27. The minimum Gasteiger partial charge on any atom is -0.486 e. The highest BCUT2D eigenvalue weighted by atomic mass is 35.5. The Morgan fingerprint density at radius 1 is 1.40 bits per heavy atom. The summed E-state index contributed by atoms with van der Waals surface area (Å²) in [6.45, 7) is -0.292. The number of halogens is 4. The Balaban J connectivity index is 1.56. The zero-order chi connectivity index (χ0) is 18.2. The number of hydrogen-bond acceptors (Lipinski definition) is 4. The van der Waals surface area contributed by atoms with Crippen molar-refractivity contribution in [3.05, 3.63) is 28.8 Å². The van der Waals surface area contributed by atoms with Crippen LogP contribution in [0.3, 0.4) is 0 Å². The molecule has 134 valence electrons. The van der Waals surface area contributed by atoms with Gasteiger partial charge in [0.1, 0.15) is 12.4 Å². The summed E-state index contributed by atoms with van der Waals surface area (Å²) in [6.07, 6.45) is 0.573. The molecule has 1 aromatic carbocycles. The number of rotatable bonds is 5. The first-order valence-electron chi connectivity index (χ1n) is 7.99. The summed E-state index contributed by atoms with van der Waals surface area (Å²) in [5.74, 6) is -0.110. The maximum absolute atomic E-state index is 12.8. The second kappa shape index (κ2) is 6.75. The topological polar surface area (TPSA) is 53.3 Å². The van der Waals surface area contributed by atoms with Crippen LogP contribution in [0.4, 0.5) is 13.2 Å². The Bertz CT molecular complexity index is 717. The van der Waals surface area contributed by atoms with Crippen molar-refractivity contribution >= 4 is 17.4 Å². The Kier molecular flexibility index (Phi) is 4.83. The van der Waals surface area contributed by atoms with E-state index in [9.17, 15) is 18.0 Å². The summed E-state index contributed by atoms with van der Waals surface area (Å²) in [5.41, 5.74) is -0.989. The molecule has 3 rings (SSSR count). The molecule has 0 aliphatic carbocycles. The lowest BCUT2D eigenvalue weighted by molar-refractivity contribution is -0.137. The summed E-state index contributed by atoms with van der Waals surface area (Å²) < 4.78 is 43.7. The van der Waals surface area contributed by atoms with Gasteiger partial charge in [-0.3, -0.25) is 4.79 Å². The van der Waals surface area contributed by atoms with E-state index < -0.39 is 16.8 Å². The summed E-state index contributed by atoms with van der Waals surface area (Å²) in [4.78, 5) is 13.9. The largest absolute Gasteiger partial charge is 0.486 e. The average molecular weight is 373 g/mol. The highest BCUT2D eigenvalue weighted by Crippen LogP contribution is 2.42. The van der Waals surface area contributed by atoms with E-state index in [4.69, 9.17) is 21.6 Å². The lowest BCUT2D eigenvalue weighted by Gasteiger charge is -2.19. The smallest absolute Gasteiger partial charge is 0.417 e. The van der Waals surface area contributed by atoms with Gasteiger partial charge in [0.15, 0.2) is 12.0 Å². The van der Waals surface area contributed by atoms with Crippen LogP contribution in [-0.2, 0) is 11.0 Å². The molecular formula is C17H16ClF3N2O2. The van der Waals surface area contributed by atoms with Crippen molar-refractivity contribution in [2.24, 2.45) is 5.92 Å². The van der Waals surface area contributed by atoms with Gasteiger partial charge in [0.05, 0.1) is 10.6 Å². The minimum atomic E-state index is -4.58. The van der Waals surface area contributed by atoms with Gasteiger partial charge in [-0.05, 0) is 43.4 Å². The number of ketones is 1. The fraction of sp³-hybridized carbons (Fsp3) is 0.529. The Morgan fingerprint density at radius 3 is 2.80 bits per heavy atom. The first-order chi connectivity index (χ1) is 11.8. The number of nitriles is 1. The van der Waals surface area contributed by atoms with Gasteiger partial charge < -0.3 is 9.64 Å². The van der Waals surface area contributed by atoms with Gasteiger partial charge in [-0.2, -0.15) is 18.4 Å². The summed E-state index contributed by atoms with van der Waals surface area (Å²) in [7, 11) is 0. The third-order valence-electron chi connectivity index (χ3n) is 4.91. The number of carbonyl (C=O) groups is 1. The van der Waals surface area contributed by atoms with E-state index in [-0.39, 0.29) is 42.6 Å². The van der Waals surface area contributed by atoms with Gasteiger partial charge in [-0.15, -0.1) is 0 Å². The third-order valence-corrected chi connectivity index (χ3v) is 5.24. The van der Waals surface area contributed by atoms with E-state index in [2.05, 4.69) is 6.19 Å². The number of alkyl halides is 3. The normalized spacial score (nSPS) is 25.1. The van der Waals surface area contributed by atoms with Gasteiger partial charge in [0, 0.05) is 18.5 Å². The molecule has 0 aromatic heterocycles. The summed E-state index contributed by atoms with van der Waals surface area (Å²) in [5, 5.41) is 8.72. The molecule has 2 bridgehead atoms. The number of hydrogen-bond donors (Lipinski definition) is 0. The monoisotopic (exact) mass is 372 g/mol. The van der Waals surface area contributed by atoms with Crippen molar-refractivity contribution in [2.45, 2.75) is 43.9 Å². The number of carbonyl (C=O) groups excluding carboxylic acids is 1. The van der Waals surface area contributed by atoms with Crippen LogP contribution in [0.2, 0.25) is 5.02 Å². The van der Waals surface area contributed by atoms with Crippen LogP contribution >= 0.6 is 11.6 Å². The van der Waals surface area contributed by atoms with Crippen molar-refractivity contribution in [1.29, 1.82) is 5.26 Å². The zero-order valence-electron chi connectivity index (χ0n) is 13.2. The van der Waals surface area contributed by atoms with Crippen molar-refractivity contribution in [3.8, 4) is 11.9 Å². The molecular weight excluding hydrogens is 357 g/mol. The predicted octanol–water partition coefficient (Wildman–Crippen LogP) is 4.03. The van der Waals surface area contributed by atoms with E-state index in [1.54, 1.807) is 4.90 Å². The molecule has 25 heavy (non-hydrogen) atoms. The second-order valence-electron chi connectivity index (χ2n) is 6.47. The maximum Gasteiger partial charge on any atom is 0.417 e. The third kappa shape index (κ3) is 3.69. The molecule has 2 saturated heterocycles. The summed E-state index contributed by atoms with van der Waals surface area (Å²) in [6, 6.07) is 3.53. The lowest BCUT2D eigenvalue weighted by atomic mass is 9.86. The summed E-state index contributed by atoms with van der Waals surface area (Å²) >= 11 is 5.55. The fourth-order valence-corrected chi connectivity index (χ4v) is 4.04. The van der Waals surface area contributed by atoms with Gasteiger partial charge in [0.25, 0.3) is 0 Å². The van der Waals surface area contributed by atoms with Crippen molar-refractivity contribution in [1.82, 2.24) is 4.90 Å². The van der Waals surface area contributed by atoms with Crippen LogP contribution in [0.15, 0.2) is 18.2 Å². The molecule has 8 heteroatoms. The average Bonchev–Trinajstić information content (AvgIpc) is 3.09. The van der Waals surface area contributed by atoms with E-state index in [0.717, 1.165) is 31.4 Å². The van der Waals surface area contributed by atoms with E-state index in [1.165, 1.54) is 6.07 Å². The fourth-order valence-electron chi connectivity index (χ4n) is 3.81. The highest BCUT2D eigenvalue weighted by molar-refractivity contribution is 6.31. The molecule has 2 heterocycles. The van der Waals surface area contributed by atoms with E-state index in [1.807, 2.05) is 0 Å². The van der Waals surface area contributed by atoms with E-state index >= 15 is 0 Å². The van der Waals surface area contributed by atoms with Crippen LogP contribution < -0.4 is 4.74 Å². The molecule has 0 unspecified atom stereocenters. The molecule has 1 aromatic rings. The number of nitrogens with zero attached hydrogens (tertiary/aromatic N) is 2. The molecule has 2 aliphatic rings. The Morgan fingerprint density at radius 2 is 2.16 bits per heavy atom. The van der Waals surface area contributed by atoms with Crippen LogP contribution in [-0.4, -0.2) is 29.4 Å². The first-order valence-corrected chi connectivity index (χ1v) is 8.36. The molecule has 0 saturated carbocycles. The maximum atomic E-state index is 12.8. The number of Topliss-reactive ketones (excluding diaryl/α,β-unsaturated/α-hetero) is 1. The molecule has 3 atom stereocenters. The molecule has 2 fully saturated rings. The Labute approximate surface area is 148 Å². The Hall–Kier alpha value is -1.94. The van der Waals surface area contributed by atoms with Crippen LogP contribution in [0.5, 0.6) is 5.75 Å². The van der Waals surface area contributed by atoms with Crippen molar-refractivity contribution < 1.29 is 22.7 Å². The molecule has 0 amide bonds. The highest BCUT2D eigenvalue weighted by Gasteiger charge is 2.46. The molecule has 0 N–H and O–H groups in total. The number of benzene rings is 1. The molecule has 2 aliphatic heterocycles. The second-order valence-corrected chi connectivity index (χ2v) is 6.88. The quantitative estimate of drug-likeness (QED) is 0.732. The van der Waals surface area contributed by atoms with Crippen LogP contribution in [0.25, 0.3) is 0 Å².